The Kier molecular flexibility index (Phi) is 7.09. The van der Waals surface area contributed by atoms with Gasteiger partial charge in [-0.2, -0.15) is 5.10 Å². The van der Waals surface area contributed by atoms with Crippen molar-refractivity contribution in [3.05, 3.63) is 85.7 Å². The first-order valence-electron chi connectivity index (χ1n) is 13.0. The van der Waals surface area contributed by atoms with E-state index in [1.54, 1.807) is 46.1 Å². The van der Waals surface area contributed by atoms with Gasteiger partial charge in [0.1, 0.15) is 29.8 Å². The summed E-state index contributed by atoms with van der Waals surface area (Å²) in [6.45, 7) is 4.38. The Morgan fingerprint density at radius 2 is 2.00 bits per heavy atom. The second-order valence-electron chi connectivity index (χ2n) is 9.56. The van der Waals surface area contributed by atoms with E-state index in [2.05, 4.69) is 31.9 Å². The number of carbonyl (C=O) groups excluding carboxylic acids is 1. The summed E-state index contributed by atoms with van der Waals surface area (Å²) >= 11 is 0. The SMILES string of the molecule is C=CC(=O)N1CC(Oc2cc3c(Nc4ccc(Oc5cccc(-c6cnn(C)c6)n5)cc4F)ncnc3cc2OC)C1. The van der Waals surface area contributed by atoms with Gasteiger partial charge in [-0.05, 0) is 30.3 Å². The third-order valence-electron chi connectivity index (χ3n) is 6.69. The van der Waals surface area contributed by atoms with Gasteiger partial charge in [-0.1, -0.05) is 12.6 Å². The molecule has 0 unspecified atom stereocenters. The van der Waals surface area contributed by atoms with Gasteiger partial charge >= 0.3 is 0 Å². The number of ether oxygens (including phenoxy) is 3. The van der Waals surface area contributed by atoms with E-state index in [-0.39, 0.29) is 23.4 Å². The molecule has 3 aromatic heterocycles. The summed E-state index contributed by atoms with van der Waals surface area (Å²) < 4.78 is 34.4. The van der Waals surface area contributed by atoms with Crippen LogP contribution in [0.5, 0.6) is 23.1 Å². The molecule has 42 heavy (non-hydrogen) atoms. The molecule has 6 rings (SSSR count). The quantitative estimate of drug-likeness (QED) is 0.249. The van der Waals surface area contributed by atoms with Gasteiger partial charge in [0.25, 0.3) is 0 Å². The van der Waals surface area contributed by atoms with Crippen LogP contribution >= 0.6 is 0 Å². The first kappa shape index (κ1) is 26.7. The molecular weight excluding hydrogens is 541 g/mol. The van der Waals surface area contributed by atoms with E-state index in [1.807, 2.05) is 25.4 Å². The number of fused-ring (bicyclic) bond motifs is 1. The molecule has 0 saturated carbocycles. The topological polar surface area (TPSA) is 117 Å². The minimum atomic E-state index is -0.547. The highest BCUT2D eigenvalue weighted by Gasteiger charge is 2.31. The standard InChI is InChI=1S/C30H26FN7O4/c1-4-29(39)38-15-20(16-38)41-27-11-21-25(12-26(27)40-3)32-17-33-30(21)36-24-9-8-19(10-22(24)31)42-28-7-5-6-23(35-28)18-13-34-37(2)14-18/h4-14,17,20H,1,15-16H2,2-3H3,(H,32,33,36). The average Bonchev–Trinajstić information content (AvgIpc) is 3.42. The lowest BCUT2D eigenvalue weighted by Gasteiger charge is -2.38. The molecular formula is C30H26FN7O4. The molecule has 0 radical (unpaired) electrons. The Labute approximate surface area is 240 Å². The smallest absolute Gasteiger partial charge is 0.246 e. The number of rotatable bonds is 9. The fourth-order valence-electron chi connectivity index (χ4n) is 4.51. The molecule has 0 bridgehead atoms. The number of aromatic nitrogens is 5. The monoisotopic (exact) mass is 567 g/mol. The highest BCUT2D eigenvalue weighted by molar-refractivity contribution is 5.93. The lowest BCUT2D eigenvalue weighted by atomic mass is 10.1. The van der Waals surface area contributed by atoms with Gasteiger partial charge in [0.05, 0.1) is 43.3 Å². The summed E-state index contributed by atoms with van der Waals surface area (Å²) in [5, 5.41) is 7.81. The summed E-state index contributed by atoms with van der Waals surface area (Å²) in [6.07, 6.45) is 6.01. The van der Waals surface area contributed by atoms with E-state index in [9.17, 15) is 4.79 Å². The molecule has 212 valence electrons. The number of carbonyl (C=O) groups is 1. The number of nitrogens with zero attached hydrogens (tertiary/aromatic N) is 6. The molecule has 2 aromatic carbocycles. The molecule has 1 amide bonds. The normalized spacial score (nSPS) is 13.0. The maximum absolute atomic E-state index is 15.2. The molecule has 4 heterocycles. The minimum Gasteiger partial charge on any atom is -0.493 e. The first-order chi connectivity index (χ1) is 20.4. The third-order valence-corrected chi connectivity index (χ3v) is 6.69. The molecule has 0 spiro atoms. The van der Waals surface area contributed by atoms with Gasteiger partial charge in [0.2, 0.25) is 11.8 Å². The van der Waals surface area contributed by atoms with Crippen LogP contribution in [-0.4, -0.2) is 61.8 Å². The Balaban J connectivity index is 1.21. The van der Waals surface area contributed by atoms with Crippen molar-refractivity contribution in [2.45, 2.75) is 6.10 Å². The number of aryl methyl sites for hydroxylation is 1. The summed E-state index contributed by atoms with van der Waals surface area (Å²) in [5.74, 6) is 1.23. The zero-order chi connectivity index (χ0) is 29.2. The Morgan fingerprint density at radius 3 is 2.74 bits per heavy atom. The number of hydrogen-bond acceptors (Lipinski definition) is 9. The minimum absolute atomic E-state index is 0.145. The van der Waals surface area contributed by atoms with Gasteiger partial charge in [-0.3, -0.25) is 9.48 Å². The molecule has 11 nitrogen and oxygen atoms in total. The van der Waals surface area contributed by atoms with Crippen LogP contribution < -0.4 is 19.5 Å². The molecule has 1 aliphatic rings. The van der Waals surface area contributed by atoms with Crippen molar-refractivity contribution >= 4 is 28.3 Å². The van der Waals surface area contributed by atoms with E-state index < -0.39 is 5.82 Å². The van der Waals surface area contributed by atoms with Crippen molar-refractivity contribution in [1.29, 1.82) is 0 Å². The predicted molar refractivity (Wildman–Crippen MR) is 153 cm³/mol. The second kappa shape index (κ2) is 11.2. The number of methoxy groups -OCH3 is 1. The fraction of sp³-hybridized carbons (Fsp3) is 0.167. The summed E-state index contributed by atoms with van der Waals surface area (Å²) in [6, 6.07) is 13.3. The fourth-order valence-corrected chi connectivity index (χ4v) is 4.51. The van der Waals surface area contributed by atoms with E-state index >= 15 is 4.39 Å². The number of likely N-dealkylation sites (tertiary alicyclic amines) is 1. The van der Waals surface area contributed by atoms with Crippen molar-refractivity contribution in [3.8, 4) is 34.4 Å². The molecule has 1 aliphatic heterocycles. The van der Waals surface area contributed by atoms with E-state index in [1.165, 1.54) is 25.6 Å². The average molecular weight is 568 g/mol. The van der Waals surface area contributed by atoms with Gasteiger partial charge in [-0.25, -0.2) is 19.3 Å². The van der Waals surface area contributed by atoms with Crippen LogP contribution in [0.2, 0.25) is 0 Å². The maximum Gasteiger partial charge on any atom is 0.246 e. The number of nitrogens with one attached hydrogen (secondary N) is 1. The van der Waals surface area contributed by atoms with Gasteiger partial charge < -0.3 is 24.4 Å². The summed E-state index contributed by atoms with van der Waals surface area (Å²) in [4.78, 5) is 26.6. The van der Waals surface area contributed by atoms with Crippen LogP contribution in [0.1, 0.15) is 0 Å². The van der Waals surface area contributed by atoms with Crippen molar-refractivity contribution in [1.82, 2.24) is 29.6 Å². The van der Waals surface area contributed by atoms with Crippen molar-refractivity contribution in [2.24, 2.45) is 7.05 Å². The Hall–Kier alpha value is -5.52. The van der Waals surface area contributed by atoms with Gasteiger partial charge in [0, 0.05) is 42.4 Å². The zero-order valence-electron chi connectivity index (χ0n) is 22.8. The van der Waals surface area contributed by atoms with Crippen LogP contribution in [0.15, 0.2) is 79.9 Å². The molecule has 0 atom stereocenters. The highest BCUT2D eigenvalue weighted by Crippen LogP contribution is 2.37. The molecule has 1 N–H and O–H groups in total. The van der Waals surface area contributed by atoms with Crippen LogP contribution in [0.25, 0.3) is 22.2 Å². The van der Waals surface area contributed by atoms with Crippen LogP contribution in [0, 0.1) is 5.82 Å². The highest BCUT2D eigenvalue weighted by atomic mass is 19.1. The number of hydrogen-bond donors (Lipinski definition) is 1. The van der Waals surface area contributed by atoms with Gasteiger partial charge in [-0.15, -0.1) is 0 Å². The third kappa shape index (κ3) is 5.42. The molecule has 12 heteroatoms. The number of pyridine rings is 1. The van der Waals surface area contributed by atoms with Crippen molar-refractivity contribution in [3.63, 3.8) is 0 Å². The first-order valence-corrected chi connectivity index (χ1v) is 13.0. The zero-order valence-corrected chi connectivity index (χ0v) is 22.8. The second-order valence-corrected chi connectivity index (χ2v) is 9.56. The molecule has 5 aromatic rings. The number of amides is 1. The van der Waals surface area contributed by atoms with E-state index in [0.717, 1.165) is 5.56 Å². The lowest BCUT2D eigenvalue weighted by molar-refractivity contribution is -0.134. The number of anilines is 2. The van der Waals surface area contributed by atoms with E-state index in [0.29, 0.717) is 52.9 Å². The van der Waals surface area contributed by atoms with Crippen molar-refractivity contribution in [2.75, 3.05) is 25.5 Å². The number of halogens is 1. The molecule has 1 saturated heterocycles. The van der Waals surface area contributed by atoms with Crippen molar-refractivity contribution < 1.29 is 23.4 Å². The lowest BCUT2D eigenvalue weighted by Crippen LogP contribution is -2.55. The summed E-state index contributed by atoms with van der Waals surface area (Å²) in [5.41, 5.74) is 2.30. The molecule has 1 fully saturated rings. The van der Waals surface area contributed by atoms with Crippen LogP contribution in [0.4, 0.5) is 15.9 Å². The largest absolute Gasteiger partial charge is 0.493 e. The Morgan fingerprint density at radius 1 is 1.14 bits per heavy atom. The van der Waals surface area contributed by atoms with Crippen LogP contribution in [-0.2, 0) is 11.8 Å². The maximum atomic E-state index is 15.2. The summed E-state index contributed by atoms with van der Waals surface area (Å²) in [7, 11) is 3.36. The Bertz CT molecular complexity index is 1800. The van der Waals surface area contributed by atoms with E-state index in [4.69, 9.17) is 14.2 Å². The molecule has 0 aliphatic carbocycles. The van der Waals surface area contributed by atoms with Gasteiger partial charge in [0.15, 0.2) is 11.5 Å². The number of benzene rings is 2. The van der Waals surface area contributed by atoms with Crippen LogP contribution in [0.3, 0.4) is 0 Å². The predicted octanol–water partition coefficient (Wildman–Crippen LogP) is 4.88.